The summed E-state index contributed by atoms with van der Waals surface area (Å²) < 4.78 is 26.7. The van der Waals surface area contributed by atoms with Crippen molar-refractivity contribution in [3.05, 3.63) is 70.9 Å². The molecule has 0 aliphatic carbocycles. The molecule has 0 saturated carbocycles. The van der Waals surface area contributed by atoms with Gasteiger partial charge >= 0.3 is 0 Å². The maximum Gasteiger partial charge on any atom is 0.236 e. The molecule has 4 rings (SSSR count). The molecule has 0 unspecified atom stereocenters. The number of sulfonamides is 1. The van der Waals surface area contributed by atoms with Crippen molar-refractivity contribution in [1.82, 2.24) is 14.5 Å². The smallest absolute Gasteiger partial charge is 0.236 e. The molecule has 0 N–H and O–H groups in total. The lowest BCUT2D eigenvalue weighted by atomic mass is 10.2. The number of hydrogen-bond donors (Lipinski definition) is 0. The van der Waals surface area contributed by atoms with E-state index in [0.717, 1.165) is 22.0 Å². The quantitative estimate of drug-likeness (QED) is 0.643. The second kappa shape index (κ2) is 8.22. The average Bonchev–Trinajstić information content (AvgIpc) is 3.28. The third-order valence-corrected chi connectivity index (χ3v) is 7.04. The van der Waals surface area contributed by atoms with Gasteiger partial charge in [-0.3, -0.25) is 0 Å². The van der Waals surface area contributed by atoms with Crippen molar-refractivity contribution in [2.45, 2.75) is 0 Å². The van der Waals surface area contributed by atoms with Crippen LogP contribution in [0.4, 0.5) is 5.82 Å². The van der Waals surface area contributed by atoms with Gasteiger partial charge in [-0.1, -0.05) is 36.4 Å². The van der Waals surface area contributed by atoms with Crippen LogP contribution in [0.25, 0.3) is 16.6 Å². The van der Waals surface area contributed by atoms with Gasteiger partial charge in [0.2, 0.25) is 10.0 Å². The topological polar surface area (TPSA) is 66.4 Å². The van der Waals surface area contributed by atoms with Crippen LogP contribution >= 0.6 is 11.3 Å². The summed E-state index contributed by atoms with van der Waals surface area (Å²) in [6, 6.07) is 17.3. The minimum atomic E-state index is -3.43. The third-order valence-electron chi connectivity index (χ3n) is 4.58. The Labute approximate surface area is 168 Å². The molecule has 0 bridgehead atoms. The molecule has 0 atom stereocenters. The van der Waals surface area contributed by atoms with Gasteiger partial charge in [-0.05, 0) is 35.2 Å². The van der Waals surface area contributed by atoms with E-state index >= 15 is 0 Å². The summed E-state index contributed by atoms with van der Waals surface area (Å²) in [7, 11) is -3.43. The van der Waals surface area contributed by atoms with Crippen LogP contribution < -0.4 is 4.90 Å². The Hall–Kier alpha value is -2.55. The van der Waals surface area contributed by atoms with Crippen molar-refractivity contribution < 1.29 is 8.42 Å². The van der Waals surface area contributed by atoms with Crippen molar-refractivity contribution in [1.29, 1.82) is 0 Å². The number of thiophene rings is 1. The number of benzene rings is 1. The molecule has 1 aliphatic heterocycles. The second-order valence-corrected chi connectivity index (χ2v) is 9.16. The average molecular weight is 413 g/mol. The number of piperazine rings is 1. The summed E-state index contributed by atoms with van der Waals surface area (Å²) in [6.45, 7) is 2.03. The van der Waals surface area contributed by atoms with Gasteiger partial charge in [0, 0.05) is 31.6 Å². The summed E-state index contributed by atoms with van der Waals surface area (Å²) >= 11 is 1.63. The summed E-state index contributed by atoms with van der Waals surface area (Å²) in [6.07, 6.45) is 1.64. The van der Waals surface area contributed by atoms with Crippen molar-refractivity contribution in [2.75, 3.05) is 31.1 Å². The molecule has 1 aliphatic rings. The molecule has 144 valence electrons. The zero-order valence-corrected chi connectivity index (χ0v) is 16.8. The van der Waals surface area contributed by atoms with Crippen LogP contribution in [0.2, 0.25) is 0 Å². The minimum Gasteiger partial charge on any atom is -0.352 e. The lowest BCUT2D eigenvalue weighted by Crippen LogP contribution is -2.48. The van der Waals surface area contributed by atoms with Crippen LogP contribution in [0.5, 0.6) is 0 Å². The van der Waals surface area contributed by atoms with Crippen molar-refractivity contribution >= 4 is 33.3 Å². The molecular weight excluding hydrogens is 392 g/mol. The normalized spacial score (nSPS) is 15.9. The molecule has 0 spiro atoms. The van der Waals surface area contributed by atoms with Crippen LogP contribution in [0.1, 0.15) is 5.56 Å². The van der Waals surface area contributed by atoms with Gasteiger partial charge in [0.1, 0.15) is 5.69 Å². The molecule has 6 nitrogen and oxygen atoms in total. The molecule has 2 aromatic heterocycles. The summed E-state index contributed by atoms with van der Waals surface area (Å²) in [5.41, 5.74) is 1.72. The zero-order valence-electron chi connectivity index (χ0n) is 15.2. The number of anilines is 1. The Morgan fingerprint density at radius 2 is 1.68 bits per heavy atom. The third kappa shape index (κ3) is 4.30. The Bertz CT molecular complexity index is 1030. The molecule has 3 aromatic rings. The van der Waals surface area contributed by atoms with Gasteiger partial charge in [-0.2, -0.15) is 4.31 Å². The van der Waals surface area contributed by atoms with Crippen LogP contribution in [-0.4, -0.2) is 49.1 Å². The van der Waals surface area contributed by atoms with Crippen LogP contribution in [0.15, 0.2) is 65.4 Å². The highest BCUT2D eigenvalue weighted by Crippen LogP contribution is 2.23. The predicted octanol–water partition coefficient (Wildman–Crippen LogP) is 3.33. The highest BCUT2D eigenvalue weighted by Gasteiger charge is 2.25. The molecular formula is C20H20N4O2S2. The van der Waals surface area contributed by atoms with Crippen LogP contribution in [0, 0.1) is 0 Å². The minimum absolute atomic E-state index is 0.426. The highest BCUT2D eigenvalue weighted by atomic mass is 32.2. The lowest BCUT2D eigenvalue weighted by Gasteiger charge is -2.33. The van der Waals surface area contributed by atoms with Crippen molar-refractivity contribution in [2.24, 2.45) is 0 Å². The molecule has 8 heteroatoms. The van der Waals surface area contributed by atoms with E-state index in [9.17, 15) is 8.42 Å². The van der Waals surface area contributed by atoms with E-state index in [1.807, 2.05) is 60.0 Å². The summed E-state index contributed by atoms with van der Waals surface area (Å²) in [5.74, 6) is 0.775. The van der Waals surface area contributed by atoms with Crippen molar-refractivity contribution in [3.8, 4) is 10.6 Å². The molecule has 0 amide bonds. The number of aromatic nitrogens is 2. The largest absolute Gasteiger partial charge is 0.352 e. The molecule has 3 heterocycles. The number of rotatable bonds is 5. The standard InChI is InChI=1S/C20H20N4O2S2/c25-28(26,16-10-17-5-2-1-3-6-17)24-13-11-23(12-14-24)20-9-8-18(21-22-20)19-7-4-15-27-19/h1-10,15-16H,11-14H2/b16-10+. The highest BCUT2D eigenvalue weighted by molar-refractivity contribution is 7.92. The Morgan fingerprint density at radius 3 is 2.32 bits per heavy atom. The number of nitrogens with zero attached hydrogens (tertiary/aromatic N) is 4. The Kier molecular flexibility index (Phi) is 5.52. The van der Waals surface area contributed by atoms with Gasteiger partial charge < -0.3 is 4.90 Å². The predicted molar refractivity (Wildman–Crippen MR) is 114 cm³/mol. The SMILES string of the molecule is O=S(=O)(/C=C/c1ccccc1)N1CCN(c2ccc(-c3cccs3)nn2)CC1. The fourth-order valence-electron chi connectivity index (χ4n) is 3.04. The first-order valence-corrected chi connectivity index (χ1v) is 11.4. The number of hydrogen-bond acceptors (Lipinski definition) is 6. The Balaban J connectivity index is 1.38. The first-order valence-electron chi connectivity index (χ1n) is 8.98. The van der Waals surface area contributed by atoms with E-state index in [0.29, 0.717) is 26.2 Å². The first kappa shape index (κ1) is 18.8. The van der Waals surface area contributed by atoms with Gasteiger partial charge in [0.05, 0.1) is 4.88 Å². The monoisotopic (exact) mass is 412 g/mol. The molecule has 0 radical (unpaired) electrons. The molecule has 28 heavy (non-hydrogen) atoms. The van der Waals surface area contributed by atoms with E-state index in [1.165, 1.54) is 9.71 Å². The van der Waals surface area contributed by atoms with E-state index in [2.05, 4.69) is 15.1 Å². The molecule has 1 saturated heterocycles. The summed E-state index contributed by atoms with van der Waals surface area (Å²) in [5, 5.41) is 11.9. The van der Waals surface area contributed by atoms with Crippen LogP contribution in [0.3, 0.4) is 0 Å². The van der Waals surface area contributed by atoms with Gasteiger partial charge in [-0.25, -0.2) is 8.42 Å². The van der Waals surface area contributed by atoms with E-state index in [4.69, 9.17) is 0 Å². The zero-order chi connectivity index (χ0) is 19.4. The van der Waals surface area contributed by atoms with E-state index < -0.39 is 10.0 Å². The van der Waals surface area contributed by atoms with Gasteiger partial charge in [-0.15, -0.1) is 21.5 Å². The maximum atomic E-state index is 12.6. The molecule has 1 fully saturated rings. The fourth-order valence-corrected chi connectivity index (χ4v) is 4.90. The molecule has 1 aromatic carbocycles. The van der Waals surface area contributed by atoms with E-state index in [1.54, 1.807) is 17.4 Å². The van der Waals surface area contributed by atoms with E-state index in [-0.39, 0.29) is 0 Å². The first-order chi connectivity index (χ1) is 13.6. The summed E-state index contributed by atoms with van der Waals surface area (Å²) in [4.78, 5) is 3.15. The Morgan fingerprint density at radius 1 is 0.893 bits per heavy atom. The lowest BCUT2D eigenvalue weighted by molar-refractivity contribution is 0.388. The van der Waals surface area contributed by atoms with Gasteiger partial charge in [0.25, 0.3) is 0 Å². The van der Waals surface area contributed by atoms with Crippen molar-refractivity contribution in [3.63, 3.8) is 0 Å². The van der Waals surface area contributed by atoms with Gasteiger partial charge in [0.15, 0.2) is 5.82 Å². The fraction of sp³-hybridized carbons (Fsp3) is 0.200. The maximum absolute atomic E-state index is 12.6. The second-order valence-electron chi connectivity index (χ2n) is 6.40. The van der Waals surface area contributed by atoms with Crippen LogP contribution in [-0.2, 0) is 10.0 Å².